The molecule has 4 nitrogen and oxygen atoms in total. The molecule has 20 heavy (non-hydrogen) atoms. The third-order valence-electron chi connectivity index (χ3n) is 2.86. The standard InChI is InChI=1S/C15H13ClN2O2/c1-20-14-7-12(16)6-11(15(14)19)9-18-13-5-3-2-4-10(13)8-17/h2-7,18-19H,9H2,1H3. The molecule has 2 aromatic rings. The van der Waals surface area contributed by atoms with Gasteiger partial charge in [-0.15, -0.1) is 0 Å². The lowest BCUT2D eigenvalue weighted by Crippen LogP contribution is -2.02. The van der Waals surface area contributed by atoms with Crippen molar-refractivity contribution in [3.8, 4) is 17.6 Å². The Morgan fingerprint density at radius 2 is 2.10 bits per heavy atom. The monoisotopic (exact) mass is 288 g/mol. The van der Waals surface area contributed by atoms with Gasteiger partial charge in [-0.05, 0) is 18.2 Å². The number of halogens is 1. The molecule has 0 amide bonds. The van der Waals surface area contributed by atoms with Gasteiger partial charge < -0.3 is 15.2 Å². The van der Waals surface area contributed by atoms with Crippen molar-refractivity contribution in [2.45, 2.75) is 6.54 Å². The van der Waals surface area contributed by atoms with Gasteiger partial charge in [0.05, 0.1) is 18.4 Å². The fourth-order valence-electron chi connectivity index (χ4n) is 1.84. The number of hydrogen-bond acceptors (Lipinski definition) is 4. The van der Waals surface area contributed by atoms with Gasteiger partial charge >= 0.3 is 0 Å². The van der Waals surface area contributed by atoms with Gasteiger partial charge in [0.15, 0.2) is 11.5 Å². The number of para-hydroxylation sites is 1. The summed E-state index contributed by atoms with van der Waals surface area (Å²) in [6.07, 6.45) is 0. The number of phenolic OH excluding ortho intramolecular Hbond substituents is 1. The summed E-state index contributed by atoms with van der Waals surface area (Å²) in [6, 6.07) is 12.5. The molecule has 0 fully saturated rings. The molecule has 0 bridgehead atoms. The van der Waals surface area contributed by atoms with Crippen LogP contribution in [0.1, 0.15) is 11.1 Å². The number of nitrogens with one attached hydrogen (secondary N) is 1. The van der Waals surface area contributed by atoms with Crippen molar-refractivity contribution in [3.05, 3.63) is 52.5 Å². The molecule has 0 atom stereocenters. The highest BCUT2D eigenvalue weighted by Gasteiger charge is 2.10. The lowest BCUT2D eigenvalue weighted by Gasteiger charge is -2.12. The van der Waals surface area contributed by atoms with Gasteiger partial charge in [-0.1, -0.05) is 23.7 Å². The minimum Gasteiger partial charge on any atom is -0.504 e. The molecule has 5 heteroatoms. The number of methoxy groups -OCH3 is 1. The average Bonchev–Trinajstić information content (AvgIpc) is 2.48. The van der Waals surface area contributed by atoms with Crippen LogP contribution >= 0.6 is 11.6 Å². The van der Waals surface area contributed by atoms with E-state index >= 15 is 0 Å². The van der Waals surface area contributed by atoms with Crippen molar-refractivity contribution in [3.63, 3.8) is 0 Å². The molecule has 0 aliphatic rings. The van der Waals surface area contributed by atoms with Crippen molar-refractivity contribution < 1.29 is 9.84 Å². The van der Waals surface area contributed by atoms with E-state index < -0.39 is 0 Å². The Balaban J connectivity index is 2.23. The highest BCUT2D eigenvalue weighted by molar-refractivity contribution is 6.30. The normalized spacial score (nSPS) is 9.85. The van der Waals surface area contributed by atoms with E-state index in [1.54, 1.807) is 30.3 Å². The summed E-state index contributed by atoms with van der Waals surface area (Å²) in [5.41, 5.74) is 1.84. The Hall–Kier alpha value is -2.38. The second-order valence-corrected chi connectivity index (χ2v) is 4.56. The maximum atomic E-state index is 10.0. The van der Waals surface area contributed by atoms with E-state index in [1.807, 2.05) is 6.07 Å². The smallest absolute Gasteiger partial charge is 0.162 e. The number of nitriles is 1. The van der Waals surface area contributed by atoms with Crippen LogP contribution < -0.4 is 10.1 Å². The molecule has 0 spiro atoms. The highest BCUT2D eigenvalue weighted by atomic mass is 35.5. The van der Waals surface area contributed by atoms with E-state index in [4.69, 9.17) is 21.6 Å². The maximum Gasteiger partial charge on any atom is 0.162 e. The molecule has 2 N–H and O–H groups in total. The summed E-state index contributed by atoms with van der Waals surface area (Å²) < 4.78 is 5.05. The molecule has 0 unspecified atom stereocenters. The zero-order valence-corrected chi connectivity index (χ0v) is 11.6. The van der Waals surface area contributed by atoms with Crippen LogP contribution in [0.5, 0.6) is 11.5 Å². The fraction of sp³-hybridized carbons (Fsp3) is 0.133. The third kappa shape index (κ3) is 2.95. The fourth-order valence-corrected chi connectivity index (χ4v) is 2.07. The van der Waals surface area contributed by atoms with Gasteiger partial charge in [0, 0.05) is 23.2 Å². The summed E-state index contributed by atoms with van der Waals surface area (Å²) >= 11 is 5.97. The molecular weight excluding hydrogens is 276 g/mol. The number of anilines is 1. The second-order valence-electron chi connectivity index (χ2n) is 4.13. The van der Waals surface area contributed by atoms with Crippen LogP contribution in [0.3, 0.4) is 0 Å². The van der Waals surface area contributed by atoms with Gasteiger partial charge in [-0.25, -0.2) is 0 Å². The lowest BCUT2D eigenvalue weighted by atomic mass is 10.1. The number of hydrogen-bond donors (Lipinski definition) is 2. The SMILES string of the molecule is COc1cc(Cl)cc(CNc2ccccc2C#N)c1O. The minimum absolute atomic E-state index is 0.0406. The molecular formula is C15H13ClN2O2. The molecule has 0 saturated heterocycles. The van der Waals surface area contributed by atoms with E-state index in [-0.39, 0.29) is 5.75 Å². The molecule has 0 heterocycles. The molecule has 0 aromatic heterocycles. The minimum atomic E-state index is 0.0406. The van der Waals surface area contributed by atoms with Gasteiger partial charge in [0.25, 0.3) is 0 Å². The van der Waals surface area contributed by atoms with Crippen molar-refractivity contribution in [1.82, 2.24) is 0 Å². The predicted molar refractivity (Wildman–Crippen MR) is 78.2 cm³/mol. The van der Waals surface area contributed by atoms with Crippen LogP contribution in [0.15, 0.2) is 36.4 Å². The van der Waals surface area contributed by atoms with Crippen molar-refractivity contribution in [1.29, 1.82) is 5.26 Å². The summed E-state index contributed by atoms with van der Waals surface area (Å²) in [5, 5.41) is 22.6. The number of aromatic hydroxyl groups is 1. The summed E-state index contributed by atoms with van der Waals surface area (Å²) in [4.78, 5) is 0. The van der Waals surface area contributed by atoms with Crippen LogP contribution in [0.4, 0.5) is 5.69 Å². The molecule has 102 valence electrons. The van der Waals surface area contributed by atoms with E-state index in [2.05, 4.69) is 11.4 Å². The maximum absolute atomic E-state index is 10.0. The summed E-state index contributed by atoms with van der Waals surface area (Å²) in [7, 11) is 1.47. The van der Waals surface area contributed by atoms with E-state index in [0.29, 0.717) is 34.1 Å². The highest BCUT2D eigenvalue weighted by Crippen LogP contribution is 2.33. The first-order chi connectivity index (χ1) is 9.65. The summed E-state index contributed by atoms with van der Waals surface area (Å²) in [5.74, 6) is 0.363. The number of benzene rings is 2. The third-order valence-corrected chi connectivity index (χ3v) is 3.07. The zero-order chi connectivity index (χ0) is 14.5. The Kier molecular flexibility index (Phi) is 4.34. The number of ether oxygens (including phenoxy) is 1. The van der Waals surface area contributed by atoms with Gasteiger partial charge in [0.2, 0.25) is 0 Å². The Bertz CT molecular complexity index is 665. The molecule has 0 saturated carbocycles. The Morgan fingerprint density at radius 1 is 1.35 bits per heavy atom. The van der Waals surface area contributed by atoms with Gasteiger partial charge in [0.1, 0.15) is 6.07 Å². The summed E-state index contributed by atoms with van der Waals surface area (Å²) in [6.45, 7) is 0.335. The molecule has 0 aliphatic carbocycles. The average molecular weight is 289 g/mol. The zero-order valence-electron chi connectivity index (χ0n) is 10.9. The van der Waals surface area contributed by atoms with Crippen LogP contribution in [0.2, 0.25) is 5.02 Å². The van der Waals surface area contributed by atoms with E-state index in [9.17, 15) is 5.11 Å². The van der Waals surface area contributed by atoms with Crippen LogP contribution in [-0.2, 0) is 6.54 Å². The number of nitrogens with zero attached hydrogens (tertiary/aromatic N) is 1. The molecule has 2 aromatic carbocycles. The quantitative estimate of drug-likeness (QED) is 0.903. The largest absolute Gasteiger partial charge is 0.504 e. The van der Waals surface area contributed by atoms with Crippen LogP contribution in [0, 0.1) is 11.3 Å². The van der Waals surface area contributed by atoms with E-state index in [0.717, 1.165) is 0 Å². The first-order valence-electron chi connectivity index (χ1n) is 5.94. The number of rotatable bonds is 4. The molecule has 0 aliphatic heterocycles. The van der Waals surface area contributed by atoms with Crippen LogP contribution in [0.25, 0.3) is 0 Å². The van der Waals surface area contributed by atoms with Gasteiger partial charge in [-0.2, -0.15) is 5.26 Å². The molecule has 2 rings (SSSR count). The van der Waals surface area contributed by atoms with Crippen molar-refractivity contribution in [2.24, 2.45) is 0 Å². The first kappa shape index (κ1) is 14.0. The Labute approximate surface area is 122 Å². The molecule has 0 radical (unpaired) electrons. The lowest BCUT2D eigenvalue weighted by molar-refractivity contribution is 0.371. The topological polar surface area (TPSA) is 65.3 Å². The van der Waals surface area contributed by atoms with Crippen molar-refractivity contribution in [2.75, 3.05) is 12.4 Å². The van der Waals surface area contributed by atoms with E-state index in [1.165, 1.54) is 7.11 Å². The first-order valence-corrected chi connectivity index (χ1v) is 6.32. The second kappa shape index (κ2) is 6.18. The predicted octanol–water partition coefficient (Wildman–Crippen LogP) is 3.54. The van der Waals surface area contributed by atoms with Crippen molar-refractivity contribution >= 4 is 17.3 Å². The number of phenols is 1. The Morgan fingerprint density at radius 3 is 2.80 bits per heavy atom. The van der Waals surface area contributed by atoms with Gasteiger partial charge in [-0.3, -0.25) is 0 Å². The van der Waals surface area contributed by atoms with Crippen LogP contribution in [-0.4, -0.2) is 12.2 Å².